The van der Waals surface area contributed by atoms with Crippen LogP contribution in [0.1, 0.15) is 27.2 Å². The molecule has 28 heavy (non-hydrogen) atoms. The van der Waals surface area contributed by atoms with E-state index in [1.807, 2.05) is 36.4 Å². The van der Waals surface area contributed by atoms with Gasteiger partial charge in [0.1, 0.15) is 23.0 Å². The van der Waals surface area contributed by atoms with E-state index in [0.717, 1.165) is 5.56 Å². The van der Waals surface area contributed by atoms with E-state index in [0.29, 0.717) is 13.0 Å². The maximum Gasteiger partial charge on any atom is 0.343 e. The summed E-state index contributed by atoms with van der Waals surface area (Å²) < 4.78 is 12.2. The fourth-order valence-electron chi connectivity index (χ4n) is 2.78. The lowest BCUT2D eigenvalue weighted by Gasteiger charge is -2.06. The van der Waals surface area contributed by atoms with Gasteiger partial charge in [-0.1, -0.05) is 30.3 Å². The molecule has 0 saturated carbocycles. The maximum atomic E-state index is 12.4. The monoisotopic (exact) mass is 377 g/mol. The number of nitrogens with zero attached hydrogens (tertiary/aromatic N) is 2. The Kier molecular flexibility index (Phi) is 5.92. The zero-order chi connectivity index (χ0) is 19.9. The summed E-state index contributed by atoms with van der Waals surface area (Å²) in [6.45, 7) is 1.58. The van der Waals surface area contributed by atoms with E-state index < -0.39 is 18.5 Å². The molecule has 0 saturated heterocycles. The van der Waals surface area contributed by atoms with Gasteiger partial charge in [0.05, 0.1) is 0 Å². The molecule has 7 nitrogen and oxygen atoms in total. The van der Waals surface area contributed by atoms with Crippen LogP contribution in [-0.4, -0.2) is 29.6 Å². The summed E-state index contributed by atoms with van der Waals surface area (Å²) in [6, 6.07) is 15.3. The number of benzene rings is 1. The number of ether oxygens (including phenoxy) is 1. The standard InChI is InChI=1S/C21H19N3O4/c1-15-19(17(13-22)20(28-15)24-11-5-6-12-24)21(26)27-14-18(25)23-10-9-16-7-3-2-4-8-16/h2-8,11-12H,9-10,14H2,1H3,(H,23,25). The van der Waals surface area contributed by atoms with Crippen molar-refractivity contribution in [3.63, 3.8) is 0 Å². The highest BCUT2D eigenvalue weighted by Gasteiger charge is 2.26. The lowest BCUT2D eigenvalue weighted by Crippen LogP contribution is -2.30. The van der Waals surface area contributed by atoms with Gasteiger partial charge in [0, 0.05) is 18.9 Å². The van der Waals surface area contributed by atoms with Gasteiger partial charge in [-0.15, -0.1) is 0 Å². The molecule has 1 aromatic carbocycles. The molecule has 3 rings (SSSR count). The van der Waals surface area contributed by atoms with Crippen molar-refractivity contribution >= 4 is 11.9 Å². The zero-order valence-corrected chi connectivity index (χ0v) is 15.3. The molecule has 0 aliphatic heterocycles. The van der Waals surface area contributed by atoms with Gasteiger partial charge in [-0.3, -0.25) is 9.36 Å². The van der Waals surface area contributed by atoms with Crippen LogP contribution in [0.5, 0.6) is 0 Å². The molecule has 1 N–H and O–H groups in total. The summed E-state index contributed by atoms with van der Waals surface area (Å²) in [5, 5.41) is 12.2. The van der Waals surface area contributed by atoms with Gasteiger partial charge >= 0.3 is 5.97 Å². The third-order valence-electron chi connectivity index (χ3n) is 4.13. The van der Waals surface area contributed by atoms with E-state index in [-0.39, 0.29) is 22.8 Å². The van der Waals surface area contributed by atoms with E-state index >= 15 is 0 Å². The average molecular weight is 377 g/mol. The number of esters is 1. The van der Waals surface area contributed by atoms with Crippen molar-refractivity contribution in [1.82, 2.24) is 9.88 Å². The van der Waals surface area contributed by atoms with Gasteiger partial charge in [-0.25, -0.2) is 4.79 Å². The zero-order valence-electron chi connectivity index (χ0n) is 15.3. The van der Waals surface area contributed by atoms with E-state index in [1.54, 1.807) is 36.0 Å². The molecular formula is C21H19N3O4. The van der Waals surface area contributed by atoms with Crippen molar-refractivity contribution in [2.24, 2.45) is 0 Å². The van der Waals surface area contributed by atoms with Crippen molar-refractivity contribution in [3.8, 4) is 12.0 Å². The fourth-order valence-corrected chi connectivity index (χ4v) is 2.78. The normalized spacial score (nSPS) is 10.3. The Hall–Kier alpha value is -3.79. The SMILES string of the molecule is Cc1oc(-n2cccc2)c(C#N)c1C(=O)OCC(=O)NCCc1ccccc1. The number of carbonyl (C=O) groups excluding carboxylic acids is 2. The van der Waals surface area contributed by atoms with Crippen LogP contribution in [0.3, 0.4) is 0 Å². The molecule has 0 unspecified atom stereocenters. The van der Waals surface area contributed by atoms with Gasteiger partial charge in [0.15, 0.2) is 6.61 Å². The highest BCUT2D eigenvalue weighted by molar-refractivity contribution is 5.95. The largest absolute Gasteiger partial charge is 0.452 e. The number of furan rings is 1. The van der Waals surface area contributed by atoms with Gasteiger partial charge < -0.3 is 14.5 Å². The van der Waals surface area contributed by atoms with Crippen LogP contribution in [0.2, 0.25) is 0 Å². The molecule has 0 atom stereocenters. The first kappa shape index (κ1) is 19.0. The van der Waals surface area contributed by atoms with E-state index in [9.17, 15) is 14.9 Å². The van der Waals surface area contributed by atoms with Crippen molar-refractivity contribution in [1.29, 1.82) is 5.26 Å². The Labute approximate surface area is 162 Å². The number of nitrogens with one attached hydrogen (secondary N) is 1. The van der Waals surface area contributed by atoms with Crippen molar-refractivity contribution < 1.29 is 18.7 Å². The van der Waals surface area contributed by atoms with Gasteiger partial charge in [-0.05, 0) is 31.0 Å². The summed E-state index contributed by atoms with van der Waals surface area (Å²) in [4.78, 5) is 24.3. The molecule has 142 valence electrons. The van der Waals surface area contributed by atoms with Crippen LogP contribution in [0.15, 0.2) is 59.3 Å². The van der Waals surface area contributed by atoms with E-state index in [2.05, 4.69) is 5.32 Å². The van der Waals surface area contributed by atoms with Crippen LogP contribution < -0.4 is 5.32 Å². The molecule has 2 aromatic heterocycles. The minimum Gasteiger partial charge on any atom is -0.452 e. The van der Waals surface area contributed by atoms with Crippen LogP contribution in [-0.2, 0) is 16.0 Å². The minimum atomic E-state index is -0.769. The number of carbonyl (C=O) groups is 2. The first-order chi connectivity index (χ1) is 13.6. The molecule has 0 aliphatic carbocycles. The molecule has 0 spiro atoms. The van der Waals surface area contributed by atoms with Crippen LogP contribution in [0.4, 0.5) is 0 Å². The maximum absolute atomic E-state index is 12.4. The molecule has 0 fully saturated rings. The number of aromatic nitrogens is 1. The summed E-state index contributed by atoms with van der Waals surface area (Å²) in [7, 11) is 0. The predicted octanol–water partition coefficient (Wildman–Crippen LogP) is 2.77. The third kappa shape index (κ3) is 4.30. The lowest BCUT2D eigenvalue weighted by atomic mass is 10.1. The fraction of sp³-hybridized carbons (Fsp3) is 0.190. The third-order valence-corrected chi connectivity index (χ3v) is 4.13. The molecule has 7 heteroatoms. The summed E-state index contributed by atoms with van der Waals surface area (Å²) in [5.74, 6) is -0.678. The van der Waals surface area contributed by atoms with Crippen molar-refractivity contribution in [2.75, 3.05) is 13.2 Å². The molecule has 0 bridgehead atoms. The van der Waals surface area contributed by atoms with E-state index in [1.165, 1.54) is 0 Å². The van der Waals surface area contributed by atoms with Gasteiger partial charge in [0.2, 0.25) is 5.88 Å². The number of amides is 1. The Morgan fingerprint density at radius 2 is 1.89 bits per heavy atom. The Morgan fingerprint density at radius 1 is 1.18 bits per heavy atom. The van der Waals surface area contributed by atoms with Crippen molar-refractivity contribution in [3.05, 3.63) is 77.3 Å². The lowest BCUT2D eigenvalue weighted by molar-refractivity contribution is -0.124. The first-order valence-corrected chi connectivity index (χ1v) is 8.74. The summed E-state index contributed by atoms with van der Waals surface area (Å²) in [5.41, 5.74) is 1.21. The molecule has 2 heterocycles. The second-order valence-electron chi connectivity index (χ2n) is 6.08. The molecular weight excluding hydrogens is 358 g/mol. The first-order valence-electron chi connectivity index (χ1n) is 8.74. The Balaban J connectivity index is 1.58. The molecule has 1 amide bonds. The van der Waals surface area contributed by atoms with Crippen LogP contribution in [0, 0.1) is 18.3 Å². The van der Waals surface area contributed by atoms with Gasteiger partial charge in [-0.2, -0.15) is 5.26 Å². The number of rotatable bonds is 7. The number of hydrogen-bond donors (Lipinski definition) is 1. The quantitative estimate of drug-likeness (QED) is 0.639. The van der Waals surface area contributed by atoms with Crippen LogP contribution in [0.25, 0.3) is 5.88 Å². The van der Waals surface area contributed by atoms with Gasteiger partial charge in [0.25, 0.3) is 5.91 Å². The second-order valence-corrected chi connectivity index (χ2v) is 6.08. The number of aryl methyl sites for hydroxylation is 1. The number of hydrogen-bond acceptors (Lipinski definition) is 5. The molecule has 0 aliphatic rings. The highest BCUT2D eigenvalue weighted by atomic mass is 16.5. The Bertz CT molecular complexity index is 998. The minimum absolute atomic E-state index is 0.0308. The predicted molar refractivity (Wildman–Crippen MR) is 101 cm³/mol. The topological polar surface area (TPSA) is 97.3 Å². The van der Waals surface area contributed by atoms with Crippen molar-refractivity contribution in [2.45, 2.75) is 13.3 Å². The Morgan fingerprint density at radius 3 is 2.57 bits per heavy atom. The van der Waals surface area contributed by atoms with E-state index in [4.69, 9.17) is 9.15 Å². The smallest absolute Gasteiger partial charge is 0.343 e. The summed E-state index contributed by atoms with van der Waals surface area (Å²) in [6.07, 6.45) is 4.09. The van der Waals surface area contributed by atoms with Crippen LogP contribution >= 0.6 is 0 Å². The average Bonchev–Trinajstić information content (AvgIpc) is 3.34. The summed E-state index contributed by atoms with van der Waals surface area (Å²) >= 11 is 0. The highest BCUT2D eigenvalue weighted by Crippen LogP contribution is 2.26. The number of nitriles is 1. The second kappa shape index (κ2) is 8.73. The molecule has 0 radical (unpaired) electrons. The molecule has 3 aromatic rings.